The van der Waals surface area contributed by atoms with E-state index in [4.69, 9.17) is 5.11 Å². The molecule has 0 bridgehead atoms. The van der Waals surface area contributed by atoms with Crippen LogP contribution in [0.3, 0.4) is 0 Å². The van der Waals surface area contributed by atoms with Crippen LogP contribution in [0.25, 0.3) is 0 Å². The predicted molar refractivity (Wildman–Crippen MR) is 47.0 cm³/mol. The molecule has 0 aliphatic heterocycles. The van der Waals surface area contributed by atoms with Crippen molar-refractivity contribution in [1.29, 1.82) is 0 Å². The summed E-state index contributed by atoms with van der Waals surface area (Å²) >= 11 is 0. The second-order valence-electron chi connectivity index (χ2n) is 1.34. The number of rotatable bonds is 0. The fraction of sp³-hybridized carbons (Fsp3) is 0. The summed E-state index contributed by atoms with van der Waals surface area (Å²) in [6.07, 6.45) is 0. The number of hydrogen-bond acceptors (Lipinski definition) is 1. The fourth-order valence-electron chi connectivity index (χ4n) is 0.428. The van der Waals surface area contributed by atoms with Gasteiger partial charge in [0.1, 0.15) is 5.75 Å². The van der Waals surface area contributed by atoms with Crippen LogP contribution in [0, 0.1) is 0 Å². The number of para-hydroxylation sites is 1. The zero-order valence-corrected chi connectivity index (χ0v) is 5.33. The molecule has 0 saturated heterocycles. The minimum atomic E-state index is 0. The Morgan fingerprint density at radius 3 is 1.67 bits per heavy atom. The molecule has 0 fully saturated rings. The summed E-state index contributed by atoms with van der Waals surface area (Å²) in [6.45, 7) is 0. The molecule has 0 amide bonds. The average molecular weight is 268 g/mol. The summed E-state index contributed by atoms with van der Waals surface area (Å²) in [7, 11) is 0. The van der Waals surface area contributed by atoms with Crippen molar-refractivity contribution in [2.45, 2.75) is 0 Å². The van der Waals surface area contributed by atoms with Crippen molar-refractivity contribution in [1.82, 2.24) is 0 Å². The molecule has 0 radical (unpaired) electrons. The van der Waals surface area contributed by atoms with Crippen molar-refractivity contribution in [3.8, 4) is 5.75 Å². The Balaban J connectivity index is 0. The van der Waals surface area contributed by atoms with Gasteiger partial charge < -0.3 is 5.11 Å². The van der Waals surface area contributed by atoms with E-state index in [1.807, 2.05) is 6.07 Å². The molecule has 1 N–H and O–H groups in total. The molecule has 0 aromatic heterocycles. The minimum absolute atomic E-state index is 0. The van der Waals surface area contributed by atoms with Crippen LogP contribution in [0.2, 0.25) is 0 Å². The van der Waals surface area contributed by atoms with Gasteiger partial charge in [-0.1, -0.05) is 18.2 Å². The van der Waals surface area contributed by atoms with Crippen molar-refractivity contribution in [2.75, 3.05) is 0 Å². The normalized spacial score (nSPS) is 6.67. The molecule has 9 heavy (non-hydrogen) atoms. The van der Waals surface area contributed by atoms with Crippen LogP contribution in [0.15, 0.2) is 30.3 Å². The molecule has 1 aromatic rings. The first-order chi connectivity index (χ1) is 3.39. The van der Waals surface area contributed by atoms with Crippen molar-refractivity contribution >= 4 is 62.4 Å². The van der Waals surface area contributed by atoms with Gasteiger partial charge in [0.2, 0.25) is 0 Å². The Kier molecular flexibility index (Phi) is 9.88. The summed E-state index contributed by atoms with van der Waals surface area (Å²) in [4.78, 5) is 0. The maximum atomic E-state index is 8.63. The van der Waals surface area contributed by atoms with Gasteiger partial charge >= 0.3 is 48.9 Å². The van der Waals surface area contributed by atoms with Gasteiger partial charge in [0.05, 0.1) is 0 Å². The van der Waals surface area contributed by atoms with Crippen molar-refractivity contribution < 1.29 is 5.11 Å². The number of hydrogen-bond donors (Lipinski definition) is 1. The second kappa shape index (κ2) is 7.05. The van der Waals surface area contributed by atoms with E-state index in [0.717, 1.165) is 0 Å². The predicted octanol–water partition coefficient (Wildman–Crippen LogP) is 0.589. The van der Waals surface area contributed by atoms with E-state index in [0.29, 0.717) is 5.75 Å². The van der Waals surface area contributed by atoms with Gasteiger partial charge in [-0.05, 0) is 12.1 Å². The Morgan fingerprint density at radius 2 is 1.44 bits per heavy atom. The first-order valence-corrected chi connectivity index (χ1v) is 2.13. The molecule has 0 atom stereocenters. The zero-order valence-electron chi connectivity index (χ0n) is 4.33. The fourth-order valence-corrected chi connectivity index (χ4v) is 0.428. The summed E-state index contributed by atoms with van der Waals surface area (Å²) in [6, 6.07) is 8.71. The third kappa shape index (κ3) is 5.39. The molecule has 1 aromatic carbocycles. The number of aromatic hydroxyl groups is 1. The van der Waals surface area contributed by atoms with Gasteiger partial charge in [-0.25, -0.2) is 0 Å². The van der Waals surface area contributed by atoms with Crippen LogP contribution in [0.4, 0.5) is 0 Å². The van der Waals surface area contributed by atoms with Gasteiger partial charge in [0, 0.05) is 0 Å². The van der Waals surface area contributed by atoms with E-state index in [2.05, 4.69) is 0 Å². The molecule has 0 spiro atoms. The summed E-state index contributed by atoms with van der Waals surface area (Å²) in [5.74, 6) is 0.322. The molecule has 3 heteroatoms. The Bertz CT molecular complexity index is 143. The molecule has 1 nitrogen and oxygen atoms in total. The first-order valence-electron chi connectivity index (χ1n) is 2.13. The Labute approximate surface area is 102 Å². The third-order valence-electron chi connectivity index (χ3n) is 0.756. The van der Waals surface area contributed by atoms with E-state index >= 15 is 0 Å². The van der Waals surface area contributed by atoms with Crippen molar-refractivity contribution in [3.05, 3.63) is 30.3 Å². The Hall–Kier alpha value is 0.941. The van der Waals surface area contributed by atoms with E-state index in [1.165, 1.54) is 0 Å². The molecular weight excluding hydrogens is 257 g/mol. The van der Waals surface area contributed by atoms with E-state index in [1.54, 1.807) is 24.3 Å². The van der Waals surface area contributed by atoms with Gasteiger partial charge in [0.25, 0.3) is 0 Å². The molecule has 1 rings (SSSR count). The number of benzene rings is 1. The monoisotopic (exact) mass is 268 g/mol. The van der Waals surface area contributed by atoms with Crippen LogP contribution >= 0.6 is 13.5 Å². The topological polar surface area (TPSA) is 20.2 Å². The first kappa shape index (κ1) is 12.6. The van der Waals surface area contributed by atoms with Gasteiger partial charge in [-0.15, -0.1) is 0 Å². The molecule has 0 aliphatic carbocycles. The van der Waals surface area contributed by atoms with Gasteiger partial charge in [-0.3, -0.25) is 0 Å². The van der Waals surface area contributed by atoms with E-state index in [9.17, 15) is 0 Å². The Morgan fingerprint density at radius 1 is 1.00 bits per heavy atom. The van der Waals surface area contributed by atoms with Crippen LogP contribution < -0.4 is 0 Å². The van der Waals surface area contributed by atoms with Crippen LogP contribution in [-0.2, 0) is 0 Å². The molecule has 0 aliphatic rings. The standard InChI is InChI=1S/C6H6O.Ba.H2S.2H/c7-6-4-2-1-3-5-6;;;;/h1-5,7H;;1H2;;. The number of phenols is 1. The summed E-state index contributed by atoms with van der Waals surface area (Å²) in [5, 5.41) is 8.63. The second-order valence-corrected chi connectivity index (χ2v) is 1.34. The summed E-state index contributed by atoms with van der Waals surface area (Å²) < 4.78 is 0. The molecular formula is C6H10BaOS. The molecule has 0 heterocycles. The van der Waals surface area contributed by atoms with Crippen molar-refractivity contribution in [3.63, 3.8) is 0 Å². The molecule has 48 valence electrons. The summed E-state index contributed by atoms with van der Waals surface area (Å²) in [5.41, 5.74) is 0. The third-order valence-corrected chi connectivity index (χ3v) is 0.756. The van der Waals surface area contributed by atoms with Crippen LogP contribution in [-0.4, -0.2) is 54.0 Å². The zero-order chi connectivity index (χ0) is 5.11. The molecule has 0 unspecified atom stereocenters. The quantitative estimate of drug-likeness (QED) is 0.682. The van der Waals surface area contributed by atoms with Crippen molar-refractivity contribution in [2.24, 2.45) is 0 Å². The van der Waals surface area contributed by atoms with Crippen LogP contribution in [0.1, 0.15) is 0 Å². The van der Waals surface area contributed by atoms with Crippen LogP contribution in [0.5, 0.6) is 5.75 Å². The maximum absolute atomic E-state index is 8.63. The van der Waals surface area contributed by atoms with E-state index in [-0.39, 0.29) is 62.4 Å². The number of phenolic OH excluding ortho intramolecular Hbond substituents is 1. The SMILES string of the molecule is Oc1ccccc1.S.[BaH2]. The molecule has 0 saturated carbocycles. The van der Waals surface area contributed by atoms with E-state index < -0.39 is 0 Å². The average Bonchev–Trinajstić information content (AvgIpc) is 1.69. The van der Waals surface area contributed by atoms with Gasteiger partial charge in [-0.2, -0.15) is 13.5 Å². The van der Waals surface area contributed by atoms with Gasteiger partial charge in [0.15, 0.2) is 0 Å².